The third-order valence-electron chi connectivity index (χ3n) is 5.92. The fraction of sp³-hybridized carbons (Fsp3) is 0.706. The van der Waals surface area contributed by atoms with Gasteiger partial charge in [-0.2, -0.15) is 5.10 Å². The van der Waals surface area contributed by atoms with Gasteiger partial charge in [-0.1, -0.05) is 0 Å². The van der Waals surface area contributed by atoms with Crippen LogP contribution in [0.5, 0.6) is 0 Å². The van der Waals surface area contributed by atoms with Crippen LogP contribution in [0.4, 0.5) is 0 Å². The molecule has 0 saturated heterocycles. The van der Waals surface area contributed by atoms with Gasteiger partial charge in [-0.05, 0) is 70.1 Å². The average Bonchev–Trinajstić information content (AvgIpc) is 2.89. The molecule has 0 aliphatic heterocycles. The number of rotatable bonds is 3. The first-order chi connectivity index (χ1) is 10.6. The van der Waals surface area contributed by atoms with Crippen LogP contribution >= 0.6 is 11.3 Å². The summed E-state index contributed by atoms with van der Waals surface area (Å²) in [6.45, 7) is 3.92. The Morgan fingerprint density at radius 3 is 2.36 bits per heavy atom. The maximum Gasteiger partial charge on any atom is 0.246 e. The quantitative estimate of drug-likeness (QED) is 0.685. The number of nitrogens with one attached hydrogen (secondary N) is 1. The molecular formula is C17H23N3OS. The van der Waals surface area contributed by atoms with E-state index in [1.165, 1.54) is 19.3 Å². The fourth-order valence-electron chi connectivity index (χ4n) is 5.34. The highest BCUT2D eigenvalue weighted by Crippen LogP contribution is 2.60. The van der Waals surface area contributed by atoms with E-state index >= 15 is 0 Å². The van der Waals surface area contributed by atoms with Gasteiger partial charge in [-0.3, -0.25) is 4.79 Å². The van der Waals surface area contributed by atoms with Gasteiger partial charge in [-0.25, -0.2) is 10.4 Å². The highest BCUT2D eigenvalue weighted by molar-refractivity contribution is 7.12. The zero-order valence-corrected chi connectivity index (χ0v) is 14.1. The van der Waals surface area contributed by atoms with Gasteiger partial charge in [0.2, 0.25) is 5.91 Å². The Morgan fingerprint density at radius 2 is 1.86 bits per heavy atom. The van der Waals surface area contributed by atoms with Gasteiger partial charge in [0.15, 0.2) is 0 Å². The molecule has 5 heteroatoms. The molecular weight excluding hydrogens is 294 g/mol. The fourth-order valence-corrected chi connectivity index (χ4v) is 6.10. The molecule has 118 valence electrons. The third kappa shape index (κ3) is 2.30. The average molecular weight is 317 g/mol. The topological polar surface area (TPSA) is 54.4 Å². The van der Waals surface area contributed by atoms with Gasteiger partial charge in [0.1, 0.15) is 0 Å². The van der Waals surface area contributed by atoms with Crippen molar-refractivity contribution in [3.8, 4) is 0 Å². The lowest BCUT2D eigenvalue weighted by atomic mass is 9.49. The standard InChI is InChI=1S/C17H23N3OS/c1-10-15(22-9-18-10)11(2)19-20-16(21)17-6-12-3-13(7-17)5-14(4-12)8-17/h9,12-14H,3-8H2,1-2H3,(H,20,21)/b19-11+. The van der Waals surface area contributed by atoms with Crippen LogP contribution in [0.15, 0.2) is 10.6 Å². The third-order valence-corrected chi connectivity index (χ3v) is 6.96. The molecule has 0 aromatic carbocycles. The minimum Gasteiger partial charge on any atom is -0.273 e. The molecule has 1 aromatic rings. The molecule has 4 aliphatic rings. The molecule has 1 amide bonds. The zero-order valence-electron chi connectivity index (χ0n) is 13.3. The van der Waals surface area contributed by atoms with Crippen molar-refractivity contribution in [3.63, 3.8) is 0 Å². The SMILES string of the molecule is C/C(=N\NC(=O)C12CC3CC(CC(C3)C1)C2)c1scnc1C. The van der Waals surface area contributed by atoms with Crippen molar-refractivity contribution in [2.24, 2.45) is 28.3 Å². The van der Waals surface area contributed by atoms with Crippen molar-refractivity contribution in [2.45, 2.75) is 52.4 Å². The Kier molecular flexibility index (Phi) is 3.36. The smallest absolute Gasteiger partial charge is 0.246 e. The maximum atomic E-state index is 12.8. The van der Waals surface area contributed by atoms with Crippen LogP contribution in [0.25, 0.3) is 0 Å². The van der Waals surface area contributed by atoms with Gasteiger partial charge in [0.05, 0.1) is 27.2 Å². The number of hydrogen-bond donors (Lipinski definition) is 1. The summed E-state index contributed by atoms with van der Waals surface area (Å²) in [5.41, 5.74) is 6.42. The van der Waals surface area contributed by atoms with E-state index in [0.717, 1.165) is 53.3 Å². The van der Waals surface area contributed by atoms with Gasteiger partial charge >= 0.3 is 0 Å². The van der Waals surface area contributed by atoms with Crippen LogP contribution < -0.4 is 5.43 Å². The van der Waals surface area contributed by atoms with Crippen LogP contribution in [-0.2, 0) is 4.79 Å². The number of thiazole rings is 1. The minimum absolute atomic E-state index is 0.124. The van der Waals surface area contributed by atoms with Gasteiger partial charge in [0.25, 0.3) is 0 Å². The number of carbonyl (C=O) groups is 1. The molecule has 0 radical (unpaired) electrons. The second-order valence-corrected chi connectivity index (χ2v) is 8.46. The summed E-state index contributed by atoms with van der Waals surface area (Å²) in [5.74, 6) is 2.51. The van der Waals surface area contributed by atoms with Crippen LogP contribution in [0.3, 0.4) is 0 Å². The second-order valence-electron chi connectivity index (χ2n) is 7.60. The van der Waals surface area contributed by atoms with Crippen molar-refractivity contribution < 1.29 is 4.79 Å². The Balaban J connectivity index is 1.50. The van der Waals surface area contributed by atoms with E-state index in [1.807, 2.05) is 19.4 Å². The number of aromatic nitrogens is 1. The Morgan fingerprint density at radius 1 is 1.27 bits per heavy atom. The van der Waals surface area contributed by atoms with Crippen LogP contribution in [0.1, 0.15) is 56.0 Å². The van der Waals surface area contributed by atoms with Crippen LogP contribution in [-0.4, -0.2) is 16.6 Å². The predicted molar refractivity (Wildman–Crippen MR) is 87.8 cm³/mol. The Bertz CT molecular complexity index is 598. The molecule has 22 heavy (non-hydrogen) atoms. The lowest BCUT2D eigenvalue weighted by molar-refractivity contribution is -0.146. The van der Waals surface area contributed by atoms with Gasteiger partial charge in [0, 0.05) is 0 Å². The lowest BCUT2D eigenvalue weighted by Crippen LogP contribution is -2.52. The molecule has 1 heterocycles. The van der Waals surface area contributed by atoms with E-state index in [2.05, 4.69) is 15.5 Å². The normalized spacial score (nSPS) is 36.6. The first-order valence-electron chi connectivity index (χ1n) is 8.31. The molecule has 0 spiro atoms. The van der Waals surface area contributed by atoms with E-state index in [0.29, 0.717) is 0 Å². The summed E-state index contributed by atoms with van der Waals surface area (Å²) in [4.78, 5) is 18.1. The molecule has 4 saturated carbocycles. The van der Waals surface area contributed by atoms with Gasteiger partial charge < -0.3 is 0 Å². The number of nitrogens with zero attached hydrogens (tertiary/aromatic N) is 2. The highest BCUT2D eigenvalue weighted by Gasteiger charge is 2.54. The van der Waals surface area contributed by atoms with Crippen LogP contribution in [0, 0.1) is 30.1 Å². The molecule has 4 fully saturated rings. The summed E-state index contributed by atoms with van der Waals surface area (Å²) in [5, 5.41) is 4.37. The van der Waals surface area contributed by atoms with E-state index < -0.39 is 0 Å². The number of aryl methyl sites for hydroxylation is 1. The lowest BCUT2D eigenvalue weighted by Gasteiger charge is -2.55. The Hall–Kier alpha value is -1.23. The van der Waals surface area contributed by atoms with E-state index in [9.17, 15) is 4.79 Å². The second kappa shape index (κ2) is 5.15. The van der Waals surface area contributed by atoms with E-state index in [-0.39, 0.29) is 11.3 Å². The van der Waals surface area contributed by atoms with Crippen molar-refractivity contribution in [2.75, 3.05) is 0 Å². The van der Waals surface area contributed by atoms with E-state index in [4.69, 9.17) is 0 Å². The molecule has 0 atom stereocenters. The molecule has 4 aliphatic carbocycles. The van der Waals surface area contributed by atoms with Crippen molar-refractivity contribution in [3.05, 3.63) is 16.1 Å². The number of hydrazone groups is 1. The minimum atomic E-state index is -0.124. The highest BCUT2D eigenvalue weighted by atomic mass is 32.1. The predicted octanol–water partition coefficient (Wildman–Crippen LogP) is 3.51. The molecule has 1 N–H and O–H groups in total. The molecule has 5 rings (SSSR count). The molecule has 0 unspecified atom stereocenters. The van der Waals surface area contributed by atoms with Crippen LogP contribution in [0.2, 0.25) is 0 Å². The molecule has 4 bridgehead atoms. The van der Waals surface area contributed by atoms with Crippen molar-refractivity contribution in [1.29, 1.82) is 0 Å². The summed E-state index contributed by atoms with van der Waals surface area (Å²) in [7, 11) is 0. The largest absolute Gasteiger partial charge is 0.273 e. The monoisotopic (exact) mass is 317 g/mol. The first kappa shape index (κ1) is 14.4. The van der Waals surface area contributed by atoms with Gasteiger partial charge in [-0.15, -0.1) is 11.3 Å². The number of carbonyl (C=O) groups excluding carboxylic acids is 1. The Labute approximate surface area is 135 Å². The van der Waals surface area contributed by atoms with E-state index in [1.54, 1.807) is 11.3 Å². The summed E-state index contributed by atoms with van der Waals surface area (Å²) in [6, 6.07) is 0. The number of hydrogen-bond acceptors (Lipinski definition) is 4. The zero-order chi connectivity index (χ0) is 15.3. The first-order valence-corrected chi connectivity index (χ1v) is 9.19. The van der Waals surface area contributed by atoms with Crippen molar-refractivity contribution >= 4 is 23.0 Å². The summed E-state index contributed by atoms with van der Waals surface area (Å²) >= 11 is 1.58. The summed E-state index contributed by atoms with van der Waals surface area (Å²) in [6.07, 6.45) is 7.32. The van der Waals surface area contributed by atoms with Crippen molar-refractivity contribution in [1.82, 2.24) is 10.4 Å². The molecule has 1 aromatic heterocycles. The number of amides is 1. The maximum absolute atomic E-state index is 12.8. The molecule has 4 nitrogen and oxygen atoms in total. The summed E-state index contributed by atoms with van der Waals surface area (Å²) < 4.78 is 0.